The molecule has 6 nitrogen and oxygen atoms in total. The molecule has 354 valence electrons. The van der Waals surface area contributed by atoms with E-state index < -0.39 is 0 Å². The van der Waals surface area contributed by atoms with Crippen LogP contribution >= 0.6 is 0 Å². The van der Waals surface area contributed by atoms with Gasteiger partial charge in [-0.3, -0.25) is 0 Å². The van der Waals surface area contributed by atoms with Crippen molar-refractivity contribution in [2.45, 2.75) is 78.6 Å². The van der Waals surface area contributed by atoms with E-state index in [1.807, 2.05) is 24.3 Å². The summed E-state index contributed by atoms with van der Waals surface area (Å²) in [6.45, 7) is 20.4. The number of hydrogen-bond donors (Lipinski definition) is 2. The van der Waals surface area contributed by atoms with Gasteiger partial charge in [0.2, 0.25) is 0 Å². The Morgan fingerprint density at radius 3 is 1.04 bits per heavy atom. The fourth-order valence-electron chi connectivity index (χ4n) is 11.0. The largest absolute Gasteiger partial charge is 0.456 e. The molecule has 0 saturated heterocycles. The van der Waals surface area contributed by atoms with Crippen LogP contribution in [0.2, 0.25) is 0 Å². The summed E-state index contributed by atoms with van der Waals surface area (Å²) in [5, 5.41) is 16.7. The highest BCUT2D eigenvalue weighted by Crippen LogP contribution is 2.51. The summed E-state index contributed by atoms with van der Waals surface area (Å²) in [6.07, 6.45) is 0. The molecule has 4 heterocycles. The highest BCUT2D eigenvalue weighted by Gasteiger charge is 2.30. The second kappa shape index (κ2) is 15.6. The summed E-state index contributed by atoms with van der Waals surface area (Å²) >= 11 is 0. The first-order valence-corrected chi connectivity index (χ1v) is 25.1. The Kier molecular flexibility index (Phi) is 9.51. The Labute approximate surface area is 418 Å². The monoisotopic (exact) mass is 940 g/mol. The van der Waals surface area contributed by atoms with Gasteiger partial charge in [0.25, 0.3) is 0 Å². The van der Waals surface area contributed by atoms with E-state index in [4.69, 9.17) is 17.7 Å². The van der Waals surface area contributed by atoms with Crippen molar-refractivity contribution in [1.29, 1.82) is 0 Å². The van der Waals surface area contributed by atoms with E-state index in [0.29, 0.717) is 0 Å². The first-order chi connectivity index (χ1) is 34.6. The minimum absolute atomic E-state index is 0.221. The van der Waals surface area contributed by atoms with Crippen molar-refractivity contribution in [3.63, 3.8) is 0 Å². The molecule has 13 aromatic rings. The fraction of sp³-hybridized carbons (Fsp3) is 0.182. The third kappa shape index (κ3) is 6.91. The average molecular weight is 941 g/mol. The number of nitrogens with one attached hydrogen (secondary N) is 2. The van der Waals surface area contributed by atoms with Gasteiger partial charge in [0.05, 0.1) is 22.1 Å². The Hall–Kier alpha value is -8.22. The lowest BCUT2D eigenvalue weighted by atomic mass is 9.82. The molecule has 0 fully saturated rings. The molecule has 0 aliphatic rings. The number of benzene rings is 9. The van der Waals surface area contributed by atoms with Crippen LogP contribution in [0.5, 0.6) is 0 Å². The van der Waals surface area contributed by atoms with Crippen LogP contribution in [0, 0.1) is 0 Å². The molecule has 2 N–H and O–H groups in total. The van der Waals surface area contributed by atoms with Gasteiger partial charge in [0, 0.05) is 77.1 Å². The lowest BCUT2D eigenvalue weighted by Gasteiger charge is -2.26. The maximum atomic E-state index is 6.91. The minimum atomic E-state index is -0.250. The second-order valence-corrected chi connectivity index (χ2v) is 22.7. The van der Waals surface area contributed by atoms with Crippen LogP contribution in [0.15, 0.2) is 181 Å². The lowest BCUT2D eigenvalue weighted by Crippen LogP contribution is -2.13. The van der Waals surface area contributed by atoms with Crippen molar-refractivity contribution in [3.05, 3.63) is 180 Å². The fourth-order valence-corrected chi connectivity index (χ4v) is 11.0. The number of para-hydroxylation sites is 6. The molecule has 0 atom stereocenters. The third-order valence-electron chi connectivity index (χ3n) is 14.6. The second-order valence-electron chi connectivity index (χ2n) is 22.7. The highest BCUT2D eigenvalue weighted by molar-refractivity contribution is 6.21. The molecule has 9 aromatic carbocycles. The Morgan fingerprint density at radius 2 is 0.653 bits per heavy atom. The molecular formula is C66H56N2O4. The zero-order valence-electron chi connectivity index (χ0n) is 42.2. The standard InChI is InChI=1S/C66H56N2O4/c1-64(2,3)37-32-38(67-58-48(44-26-18-24-42-40-20-10-14-28-52(40)69-60(42)44)35-50(65(4,5)6)62-56(58)46-22-12-16-30-54(46)71-62)34-39(33-37)68-59-49(45-27-19-25-43-41-21-11-15-29-53(41)70-61(43)45)36-51(66(7,8)9)63-57(59)47-23-13-17-31-55(47)72-63/h10-36,67-68H,1-9H3. The van der Waals surface area contributed by atoms with Gasteiger partial charge < -0.3 is 28.3 Å². The minimum Gasteiger partial charge on any atom is -0.456 e. The third-order valence-corrected chi connectivity index (χ3v) is 14.6. The van der Waals surface area contributed by atoms with E-state index in [0.717, 1.165) is 149 Å². The topological polar surface area (TPSA) is 76.6 Å². The normalized spacial score (nSPS) is 12.8. The van der Waals surface area contributed by atoms with Crippen molar-refractivity contribution in [1.82, 2.24) is 0 Å². The van der Waals surface area contributed by atoms with E-state index >= 15 is 0 Å². The predicted octanol–water partition coefficient (Wildman–Crippen LogP) is 20.0. The molecule has 0 amide bonds. The van der Waals surface area contributed by atoms with Crippen molar-refractivity contribution in [3.8, 4) is 22.3 Å². The summed E-state index contributed by atoms with van der Waals surface area (Å²) in [6, 6.07) is 57.9. The first-order valence-electron chi connectivity index (χ1n) is 25.1. The molecule has 0 unspecified atom stereocenters. The molecule has 0 saturated carbocycles. The van der Waals surface area contributed by atoms with Gasteiger partial charge in [-0.25, -0.2) is 0 Å². The maximum Gasteiger partial charge on any atom is 0.143 e. The molecule has 0 bridgehead atoms. The Bertz CT molecular complexity index is 4070. The summed E-state index contributed by atoms with van der Waals surface area (Å²) in [7, 11) is 0. The van der Waals surface area contributed by atoms with E-state index in [-0.39, 0.29) is 16.2 Å². The molecular weight excluding hydrogens is 885 g/mol. The summed E-state index contributed by atoms with van der Waals surface area (Å²) in [5.74, 6) is 0. The van der Waals surface area contributed by atoms with Gasteiger partial charge >= 0.3 is 0 Å². The van der Waals surface area contributed by atoms with E-state index in [1.54, 1.807) is 0 Å². The molecule has 0 aliphatic carbocycles. The summed E-state index contributed by atoms with van der Waals surface area (Å²) < 4.78 is 27.4. The van der Waals surface area contributed by atoms with Crippen LogP contribution in [-0.4, -0.2) is 0 Å². The van der Waals surface area contributed by atoms with Gasteiger partial charge in [-0.15, -0.1) is 0 Å². The van der Waals surface area contributed by atoms with Gasteiger partial charge in [-0.2, -0.15) is 0 Å². The van der Waals surface area contributed by atoms with Gasteiger partial charge in [0.15, 0.2) is 0 Å². The molecule has 6 heteroatoms. The number of hydrogen-bond acceptors (Lipinski definition) is 6. The van der Waals surface area contributed by atoms with E-state index in [1.165, 1.54) is 0 Å². The van der Waals surface area contributed by atoms with Crippen molar-refractivity contribution >= 4 is 111 Å². The van der Waals surface area contributed by atoms with Gasteiger partial charge in [0.1, 0.15) is 44.7 Å². The molecule has 13 rings (SSSR count). The summed E-state index contributed by atoms with van der Waals surface area (Å²) in [4.78, 5) is 0. The Balaban J connectivity index is 1.08. The number of anilines is 4. The van der Waals surface area contributed by atoms with Crippen LogP contribution in [0.3, 0.4) is 0 Å². The van der Waals surface area contributed by atoms with Gasteiger partial charge in [-0.05, 0) is 76.4 Å². The van der Waals surface area contributed by atoms with Crippen molar-refractivity contribution < 1.29 is 17.7 Å². The van der Waals surface area contributed by atoms with E-state index in [2.05, 4.69) is 212 Å². The van der Waals surface area contributed by atoms with E-state index in [9.17, 15) is 0 Å². The molecule has 72 heavy (non-hydrogen) atoms. The zero-order valence-corrected chi connectivity index (χ0v) is 42.2. The van der Waals surface area contributed by atoms with Gasteiger partial charge in [-0.1, -0.05) is 172 Å². The van der Waals surface area contributed by atoms with Crippen LogP contribution in [-0.2, 0) is 16.2 Å². The number of fused-ring (bicyclic) bond motifs is 12. The maximum absolute atomic E-state index is 6.91. The number of rotatable bonds is 6. The van der Waals surface area contributed by atoms with Crippen LogP contribution < -0.4 is 10.6 Å². The van der Waals surface area contributed by atoms with Crippen molar-refractivity contribution in [2.75, 3.05) is 10.6 Å². The quantitative estimate of drug-likeness (QED) is 0.173. The SMILES string of the molecule is CC(C)(C)c1cc(Nc2c(-c3cccc4c3oc3ccccc34)cc(C(C)(C)C)c3oc4ccccc4c23)cc(Nc2c(-c3cccc4c3oc3ccccc34)cc(C(C)(C)C)c3oc4ccccc4c23)c1. The smallest absolute Gasteiger partial charge is 0.143 e. The number of furan rings is 4. The predicted molar refractivity (Wildman–Crippen MR) is 302 cm³/mol. The van der Waals surface area contributed by atoms with Crippen molar-refractivity contribution in [2.24, 2.45) is 0 Å². The zero-order chi connectivity index (χ0) is 49.4. The molecule has 0 radical (unpaired) electrons. The average Bonchev–Trinajstić information content (AvgIpc) is 4.14. The van der Waals surface area contributed by atoms with Crippen LogP contribution in [0.25, 0.3) is 110 Å². The Morgan fingerprint density at radius 1 is 0.306 bits per heavy atom. The summed E-state index contributed by atoms with van der Waals surface area (Å²) in [5.41, 5.74) is 17.4. The molecule has 0 aliphatic heterocycles. The lowest BCUT2D eigenvalue weighted by molar-refractivity contribution is 0.572. The first kappa shape index (κ1) is 43.8. The molecule has 0 spiro atoms. The molecule has 4 aromatic heterocycles. The van der Waals surface area contributed by atoms with Crippen LogP contribution in [0.4, 0.5) is 22.7 Å². The van der Waals surface area contributed by atoms with Crippen LogP contribution in [0.1, 0.15) is 79.0 Å². The highest BCUT2D eigenvalue weighted by atomic mass is 16.3.